The Labute approximate surface area is 140 Å². The van der Waals surface area contributed by atoms with Crippen LogP contribution < -0.4 is 5.32 Å². The third-order valence-electron chi connectivity index (χ3n) is 3.62. The van der Waals surface area contributed by atoms with Crippen molar-refractivity contribution in [3.05, 3.63) is 63.1 Å². The van der Waals surface area contributed by atoms with E-state index in [1.807, 2.05) is 38.1 Å². The number of halogens is 1. The second-order valence-corrected chi connectivity index (χ2v) is 6.51. The number of nitrogens with zero attached hydrogens (tertiary/aromatic N) is 1. The third kappa shape index (κ3) is 3.89. The predicted octanol–water partition coefficient (Wildman–Crippen LogP) is 5.04. The van der Waals surface area contributed by atoms with E-state index in [0.717, 1.165) is 26.9 Å². The highest BCUT2D eigenvalue weighted by atomic mass is 79.9. The summed E-state index contributed by atoms with van der Waals surface area (Å²) < 4.78 is 1.01. The zero-order chi connectivity index (χ0) is 16.3. The number of amides is 2. The van der Waals surface area contributed by atoms with E-state index in [9.17, 15) is 4.79 Å². The fraction of sp³-hybridized carbons (Fsp3) is 0.278. The molecule has 2 rings (SSSR count). The minimum Gasteiger partial charge on any atom is -0.323 e. The molecule has 0 saturated heterocycles. The Bertz CT molecular complexity index is 674. The molecule has 0 bridgehead atoms. The number of aryl methyl sites for hydroxylation is 3. The van der Waals surface area contributed by atoms with Crippen LogP contribution in [-0.2, 0) is 6.54 Å². The molecule has 116 valence electrons. The molecule has 0 aliphatic rings. The quantitative estimate of drug-likeness (QED) is 0.816. The van der Waals surface area contributed by atoms with Gasteiger partial charge in [-0.2, -0.15) is 0 Å². The molecular formula is C18H21BrN2O. The van der Waals surface area contributed by atoms with Crippen LogP contribution in [0.15, 0.2) is 40.9 Å². The van der Waals surface area contributed by atoms with Crippen molar-refractivity contribution in [2.24, 2.45) is 0 Å². The Morgan fingerprint density at radius 3 is 2.32 bits per heavy atom. The topological polar surface area (TPSA) is 32.3 Å². The Morgan fingerprint density at radius 1 is 1.14 bits per heavy atom. The highest BCUT2D eigenvalue weighted by Crippen LogP contribution is 2.23. The van der Waals surface area contributed by atoms with Crippen molar-refractivity contribution in [1.29, 1.82) is 0 Å². The van der Waals surface area contributed by atoms with E-state index < -0.39 is 0 Å². The highest BCUT2D eigenvalue weighted by molar-refractivity contribution is 9.10. The van der Waals surface area contributed by atoms with Crippen LogP contribution >= 0.6 is 15.9 Å². The summed E-state index contributed by atoms with van der Waals surface area (Å²) in [6.07, 6.45) is 0. The van der Waals surface area contributed by atoms with Crippen molar-refractivity contribution in [2.45, 2.75) is 27.3 Å². The van der Waals surface area contributed by atoms with Gasteiger partial charge in [0.15, 0.2) is 0 Å². The standard InChI is InChI=1S/C18H21BrN2O/c1-12-9-13(2)17(14(3)10-12)20-18(22)21(4)11-15-7-5-6-8-16(15)19/h5-10H,11H2,1-4H3,(H,20,22). The van der Waals surface area contributed by atoms with Gasteiger partial charge in [0.05, 0.1) is 0 Å². The van der Waals surface area contributed by atoms with Gasteiger partial charge in [0.25, 0.3) is 0 Å². The molecule has 0 aliphatic carbocycles. The molecule has 3 nitrogen and oxygen atoms in total. The smallest absolute Gasteiger partial charge is 0.321 e. The maximum atomic E-state index is 12.4. The zero-order valence-electron chi connectivity index (χ0n) is 13.4. The normalized spacial score (nSPS) is 10.4. The predicted molar refractivity (Wildman–Crippen MR) is 95.3 cm³/mol. The number of carbonyl (C=O) groups excluding carboxylic acids is 1. The summed E-state index contributed by atoms with van der Waals surface area (Å²) in [6.45, 7) is 6.65. The number of hydrogen-bond acceptors (Lipinski definition) is 1. The lowest BCUT2D eigenvalue weighted by molar-refractivity contribution is 0.220. The number of carbonyl (C=O) groups is 1. The van der Waals surface area contributed by atoms with Gasteiger partial charge < -0.3 is 10.2 Å². The maximum absolute atomic E-state index is 12.4. The van der Waals surface area contributed by atoms with Crippen LogP contribution in [0, 0.1) is 20.8 Å². The van der Waals surface area contributed by atoms with Crippen LogP contribution in [0.25, 0.3) is 0 Å². The third-order valence-corrected chi connectivity index (χ3v) is 4.39. The SMILES string of the molecule is Cc1cc(C)c(NC(=O)N(C)Cc2ccccc2Br)c(C)c1. The van der Waals surface area contributed by atoms with Gasteiger partial charge in [-0.15, -0.1) is 0 Å². The minimum atomic E-state index is -0.106. The fourth-order valence-electron chi connectivity index (χ4n) is 2.53. The zero-order valence-corrected chi connectivity index (χ0v) is 15.0. The van der Waals surface area contributed by atoms with Crippen LogP contribution in [-0.4, -0.2) is 18.0 Å². The van der Waals surface area contributed by atoms with Gasteiger partial charge in [-0.3, -0.25) is 0 Å². The first-order valence-electron chi connectivity index (χ1n) is 7.22. The van der Waals surface area contributed by atoms with Gasteiger partial charge in [0, 0.05) is 23.8 Å². The van der Waals surface area contributed by atoms with E-state index in [-0.39, 0.29) is 6.03 Å². The van der Waals surface area contributed by atoms with Gasteiger partial charge in [-0.05, 0) is 43.5 Å². The number of urea groups is 1. The molecule has 1 N–H and O–H groups in total. The molecule has 0 unspecified atom stereocenters. The van der Waals surface area contributed by atoms with Gasteiger partial charge in [-0.1, -0.05) is 51.8 Å². The van der Waals surface area contributed by atoms with Gasteiger partial charge in [0.2, 0.25) is 0 Å². The first-order valence-corrected chi connectivity index (χ1v) is 8.01. The molecule has 0 saturated carbocycles. The second-order valence-electron chi connectivity index (χ2n) is 5.65. The summed E-state index contributed by atoms with van der Waals surface area (Å²) in [7, 11) is 1.80. The van der Waals surface area contributed by atoms with Gasteiger partial charge in [0.1, 0.15) is 0 Å². The summed E-state index contributed by atoms with van der Waals surface area (Å²) in [5.74, 6) is 0. The summed E-state index contributed by atoms with van der Waals surface area (Å²) >= 11 is 3.51. The number of benzene rings is 2. The lowest BCUT2D eigenvalue weighted by atomic mass is 10.1. The molecule has 2 aromatic carbocycles. The van der Waals surface area contributed by atoms with Crippen molar-refractivity contribution in [1.82, 2.24) is 4.90 Å². The summed E-state index contributed by atoms with van der Waals surface area (Å²) in [5, 5.41) is 3.02. The van der Waals surface area contributed by atoms with Crippen LogP contribution in [0.5, 0.6) is 0 Å². The molecular weight excluding hydrogens is 340 g/mol. The molecule has 0 aromatic heterocycles. The molecule has 0 radical (unpaired) electrons. The van der Waals surface area contributed by atoms with Gasteiger partial charge in [-0.25, -0.2) is 4.79 Å². The van der Waals surface area contributed by atoms with Crippen molar-refractivity contribution in [2.75, 3.05) is 12.4 Å². The number of rotatable bonds is 3. The van der Waals surface area contributed by atoms with Crippen LogP contribution in [0.4, 0.5) is 10.5 Å². The van der Waals surface area contributed by atoms with Crippen LogP contribution in [0.2, 0.25) is 0 Å². The molecule has 0 fully saturated rings. The molecule has 2 aromatic rings. The van der Waals surface area contributed by atoms with E-state index >= 15 is 0 Å². The van der Waals surface area contributed by atoms with E-state index in [1.54, 1.807) is 11.9 Å². The highest BCUT2D eigenvalue weighted by Gasteiger charge is 2.13. The molecule has 0 heterocycles. The lowest BCUT2D eigenvalue weighted by Gasteiger charge is -2.21. The number of nitrogens with one attached hydrogen (secondary N) is 1. The molecule has 0 aliphatic heterocycles. The summed E-state index contributed by atoms with van der Waals surface area (Å²) in [4.78, 5) is 14.1. The van der Waals surface area contributed by atoms with Crippen molar-refractivity contribution >= 4 is 27.6 Å². The molecule has 0 atom stereocenters. The van der Waals surface area contributed by atoms with Crippen LogP contribution in [0.3, 0.4) is 0 Å². The minimum absolute atomic E-state index is 0.106. The van der Waals surface area contributed by atoms with Crippen molar-refractivity contribution in [3.63, 3.8) is 0 Å². The first kappa shape index (κ1) is 16.6. The molecule has 2 amide bonds. The van der Waals surface area contributed by atoms with E-state index in [2.05, 4.69) is 40.3 Å². The van der Waals surface area contributed by atoms with Crippen LogP contribution in [0.1, 0.15) is 22.3 Å². The largest absolute Gasteiger partial charge is 0.323 e. The number of hydrogen-bond donors (Lipinski definition) is 1. The Balaban J connectivity index is 2.11. The summed E-state index contributed by atoms with van der Waals surface area (Å²) in [5.41, 5.74) is 5.35. The Morgan fingerprint density at radius 2 is 1.73 bits per heavy atom. The van der Waals surface area contributed by atoms with Crippen molar-refractivity contribution < 1.29 is 4.79 Å². The van der Waals surface area contributed by atoms with E-state index in [1.165, 1.54) is 5.56 Å². The average molecular weight is 361 g/mol. The number of anilines is 1. The summed E-state index contributed by atoms with van der Waals surface area (Å²) in [6, 6.07) is 12.0. The molecule has 0 spiro atoms. The average Bonchev–Trinajstić information content (AvgIpc) is 2.45. The monoisotopic (exact) mass is 360 g/mol. The maximum Gasteiger partial charge on any atom is 0.321 e. The van der Waals surface area contributed by atoms with E-state index in [0.29, 0.717) is 6.54 Å². The van der Waals surface area contributed by atoms with Gasteiger partial charge >= 0.3 is 6.03 Å². The first-order chi connectivity index (χ1) is 10.4. The Hall–Kier alpha value is -1.81. The Kier molecular flexibility index (Phi) is 5.24. The second kappa shape index (κ2) is 6.97. The molecule has 4 heteroatoms. The molecule has 22 heavy (non-hydrogen) atoms. The van der Waals surface area contributed by atoms with E-state index in [4.69, 9.17) is 0 Å². The van der Waals surface area contributed by atoms with Crippen molar-refractivity contribution in [3.8, 4) is 0 Å². The lowest BCUT2D eigenvalue weighted by Crippen LogP contribution is -2.31. The fourth-order valence-corrected chi connectivity index (χ4v) is 2.94.